The van der Waals surface area contributed by atoms with E-state index in [0.717, 1.165) is 21.8 Å². The molecule has 0 spiro atoms. The molecule has 0 saturated carbocycles. The van der Waals surface area contributed by atoms with Crippen LogP contribution in [0.15, 0.2) is 118 Å². The summed E-state index contributed by atoms with van der Waals surface area (Å²) in [4.78, 5) is 0. The van der Waals surface area contributed by atoms with Gasteiger partial charge < -0.3 is 4.74 Å². The van der Waals surface area contributed by atoms with Crippen molar-refractivity contribution in [3.05, 3.63) is 140 Å². The molecule has 2 unspecified atom stereocenters. The lowest BCUT2D eigenvalue weighted by Gasteiger charge is -2.23. The third-order valence-corrected chi connectivity index (χ3v) is 7.42. The average Bonchev–Trinajstić information content (AvgIpc) is 2.85. The van der Waals surface area contributed by atoms with E-state index in [2.05, 4.69) is 141 Å². The Morgan fingerprint density at radius 2 is 0.848 bits per heavy atom. The molecule has 4 rings (SSSR count). The molecule has 168 valence electrons. The van der Waals surface area contributed by atoms with E-state index < -0.39 is 0 Å². The van der Waals surface area contributed by atoms with Crippen LogP contribution in [0.2, 0.25) is 0 Å². The maximum absolute atomic E-state index is 6.48. The summed E-state index contributed by atoms with van der Waals surface area (Å²) in [6, 6.07) is 38.4. The molecule has 0 aliphatic heterocycles. The first-order valence-corrected chi connectivity index (χ1v) is 12.9. The number of halogens is 2. The van der Waals surface area contributed by atoms with Crippen molar-refractivity contribution in [1.29, 1.82) is 0 Å². The van der Waals surface area contributed by atoms with Gasteiger partial charge in [-0.25, -0.2) is 0 Å². The highest BCUT2D eigenvalue weighted by Gasteiger charge is 2.19. The predicted molar refractivity (Wildman–Crippen MR) is 145 cm³/mol. The topological polar surface area (TPSA) is 9.23 Å². The van der Waals surface area contributed by atoms with E-state index in [4.69, 9.17) is 4.74 Å². The minimum atomic E-state index is 0.277. The van der Waals surface area contributed by atoms with Gasteiger partial charge in [0.25, 0.3) is 0 Å². The zero-order valence-electron chi connectivity index (χ0n) is 18.5. The fourth-order valence-electron chi connectivity index (χ4n) is 4.28. The summed E-state index contributed by atoms with van der Waals surface area (Å²) in [6.45, 7) is 1.35. The van der Waals surface area contributed by atoms with Crippen molar-refractivity contribution in [3.8, 4) is 0 Å². The van der Waals surface area contributed by atoms with Gasteiger partial charge in [-0.2, -0.15) is 0 Å². The van der Waals surface area contributed by atoms with Crippen molar-refractivity contribution in [2.24, 2.45) is 0 Å². The summed E-state index contributed by atoms with van der Waals surface area (Å²) in [6.07, 6.45) is 1.89. The van der Waals surface area contributed by atoms with Crippen LogP contribution in [-0.2, 0) is 17.6 Å². The van der Waals surface area contributed by atoms with E-state index in [-0.39, 0.29) is 11.8 Å². The maximum Gasteiger partial charge on any atom is 0.0538 e. The number of rotatable bonds is 10. The third kappa shape index (κ3) is 6.89. The van der Waals surface area contributed by atoms with E-state index in [1.165, 1.54) is 22.3 Å². The highest BCUT2D eigenvalue weighted by molar-refractivity contribution is 9.10. The van der Waals surface area contributed by atoms with Gasteiger partial charge in [0.2, 0.25) is 0 Å². The monoisotopic (exact) mass is 562 g/mol. The minimum absolute atomic E-state index is 0.277. The van der Waals surface area contributed by atoms with Crippen molar-refractivity contribution in [2.45, 2.75) is 24.7 Å². The molecule has 0 radical (unpaired) electrons. The lowest BCUT2D eigenvalue weighted by atomic mass is 9.91. The van der Waals surface area contributed by atoms with Crippen molar-refractivity contribution >= 4 is 31.9 Å². The Labute approximate surface area is 214 Å². The summed E-state index contributed by atoms with van der Waals surface area (Å²) in [5.41, 5.74) is 5.24. The molecule has 0 aliphatic rings. The molecule has 33 heavy (non-hydrogen) atoms. The molecule has 1 nitrogen and oxygen atoms in total. The fraction of sp³-hybridized carbons (Fsp3) is 0.200. The average molecular weight is 564 g/mol. The van der Waals surface area contributed by atoms with Gasteiger partial charge in [-0.05, 0) is 47.2 Å². The second-order valence-electron chi connectivity index (χ2n) is 8.35. The Kier molecular flexibility index (Phi) is 8.93. The van der Waals surface area contributed by atoms with E-state index in [0.29, 0.717) is 13.2 Å². The fourth-order valence-corrected chi connectivity index (χ4v) is 5.50. The second kappa shape index (κ2) is 12.3. The first kappa shape index (κ1) is 23.9. The molecule has 0 N–H and O–H groups in total. The van der Waals surface area contributed by atoms with Crippen LogP contribution in [0.5, 0.6) is 0 Å². The van der Waals surface area contributed by atoms with Crippen LogP contribution >= 0.6 is 31.9 Å². The normalized spacial score (nSPS) is 12.9. The standard InChI is InChI=1S/C30H28Br2O/c31-29-17-9-7-15-27(29)25(19-23-11-3-1-4-12-23)21-33-22-26(20-24-13-5-2-6-14-24)28-16-8-10-18-30(28)32/h1-18,25-26H,19-22H2. The maximum atomic E-state index is 6.48. The first-order chi connectivity index (χ1) is 16.2. The van der Waals surface area contributed by atoms with E-state index >= 15 is 0 Å². The Balaban J connectivity index is 1.51. The molecule has 0 aliphatic carbocycles. The minimum Gasteiger partial charge on any atom is -0.380 e. The first-order valence-electron chi connectivity index (χ1n) is 11.3. The summed E-state index contributed by atoms with van der Waals surface area (Å²) < 4.78 is 8.76. The number of ether oxygens (including phenoxy) is 1. The third-order valence-electron chi connectivity index (χ3n) is 5.98. The van der Waals surface area contributed by atoms with Crippen LogP contribution in [-0.4, -0.2) is 13.2 Å². The quantitative estimate of drug-likeness (QED) is 0.188. The summed E-state index contributed by atoms with van der Waals surface area (Å²) >= 11 is 7.52. The van der Waals surface area contributed by atoms with Gasteiger partial charge in [-0.15, -0.1) is 0 Å². The summed E-state index contributed by atoms with van der Waals surface area (Å²) in [5.74, 6) is 0.555. The predicted octanol–water partition coefficient (Wildman–Crippen LogP) is 8.58. The zero-order chi connectivity index (χ0) is 22.9. The molecular weight excluding hydrogens is 536 g/mol. The molecule has 0 fully saturated rings. The highest BCUT2D eigenvalue weighted by atomic mass is 79.9. The lowest BCUT2D eigenvalue weighted by molar-refractivity contribution is 0.106. The zero-order valence-corrected chi connectivity index (χ0v) is 21.7. The second-order valence-corrected chi connectivity index (χ2v) is 10.1. The highest BCUT2D eigenvalue weighted by Crippen LogP contribution is 2.31. The lowest BCUT2D eigenvalue weighted by Crippen LogP contribution is -2.17. The Morgan fingerprint density at radius 3 is 1.24 bits per heavy atom. The smallest absolute Gasteiger partial charge is 0.0538 e. The van der Waals surface area contributed by atoms with Crippen molar-refractivity contribution in [3.63, 3.8) is 0 Å². The Hall–Kier alpha value is -2.20. The van der Waals surface area contributed by atoms with E-state index in [1.807, 2.05) is 0 Å². The van der Waals surface area contributed by atoms with Gasteiger partial charge in [0.1, 0.15) is 0 Å². The van der Waals surface area contributed by atoms with Crippen LogP contribution < -0.4 is 0 Å². The van der Waals surface area contributed by atoms with Gasteiger partial charge in [0, 0.05) is 20.8 Å². The molecule has 0 saturated heterocycles. The van der Waals surface area contributed by atoms with Gasteiger partial charge in [0.15, 0.2) is 0 Å². The molecule has 3 heteroatoms. The van der Waals surface area contributed by atoms with Crippen molar-refractivity contribution in [1.82, 2.24) is 0 Å². The molecule has 4 aromatic carbocycles. The van der Waals surface area contributed by atoms with E-state index in [9.17, 15) is 0 Å². The van der Waals surface area contributed by atoms with Gasteiger partial charge in [-0.1, -0.05) is 129 Å². The molecule has 0 bridgehead atoms. The number of benzene rings is 4. The van der Waals surface area contributed by atoms with Crippen LogP contribution in [0.3, 0.4) is 0 Å². The van der Waals surface area contributed by atoms with Crippen molar-refractivity contribution < 1.29 is 4.74 Å². The van der Waals surface area contributed by atoms with Crippen LogP contribution in [0.1, 0.15) is 34.1 Å². The SMILES string of the molecule is Brc1ccccc1C(COCC(Cc1ccccc1)c1ccccc1Br)Cc1ccccc1. The molecule has 4 aromatic rings. The van der Waals surface area contributed by atoms with E-state index in [1.54, 1.807) is 0 Å². The molecular formula is C30H28Br2O. The molecule has 0 heterocycles. The van der Waals surface area contributed by atoms with Gasteiger partial charge in [0.05, 0.1) is 13.2 Å². The number of hydrogen-bond donors (Lipinski definition) is 0. The molecule has 2 atom stereocenters. The summed E-state index contributed by atoms with van der Waals surface area (Å²) in [7, 11) is 0. The number of hydrogen-bond acceptors (Lipinski definition) is 1. The Bertz CT molecular complexity index is 1040. The molecule has 0 aromatic heterocycles. The largest absolute Gasteiger partial charge is 0.380 e. The van der Waals surface area contributed by atoms with Crippen molar-refractivity contribution in [2.75, 3.05) is 13.2 Å². The van der Waals surface area contributed by atoms with Crippen LogP contribution in [0, 0.1) is 0 Å². The van der Waals surface area contributed by atoms with Crippen LogP contribution in [0.25, 0.3) is 0 Å². The Morgan fingerprint density at radius 1 is 0.485 bits per heavy atom. The van der Waals surface area contributed by atoms with Crippen LogP contribution in [0.4, 0.5) is 0 Å². The molecule has 0 amide bonds. The van der Waals surface area contributed by atoms with Gasteiger partial charge >= 0.3 is 0 Å². The summed E-state index contributed by atoms with van der Waals surface area (Å²) in [5, 5.41) is 0. The van der Waals surface area contributed by atoms with Gasteiger partial charge in [-0.3, -0.25) is 0 Å².